The van der Waals surface area contributed by atoms with Crippen LogP contribution in [0.1, 0.15) is 80.6 Å². The molecule has 0 heterocycles. The van der Waals surface area contributed by atoms with E-state index < -0.39 is 0 Å². The molecular formula is C18H36. The van der Waals surface area contributed by atoms with Gasteiger partial charge in [-0.15, -0.1) is 0 Å². The predicted molar refractivity (Wildman–Crippen MR) is 82.7 cm³/mol. The highest BCUT2D eigenvalue weighted by atomic mass is 14.5. The molecule has 4 unspecified atom stereocenters. The molecule has 0 bridgehead atoms. The van der Waals surface area contributed by atoms with Crippen molar-refractivity contribution in [2.45, 2.75) is 80.6 Å². The van der Waals surface area contributed by atoms with Gasteiger partial charge in [0.25, 0.3) is 0 Å². The molecule has 0 aromatic heterocycles. The van der Waals surface area contributed by atoms with Gasteiger partial charge in [0, 0.05) is 0 Å². The first-order valence-electron chi connectivity index (χ1n) is 8.34. The van der Waals surface area contributed by atoms with Crippen LogP contribution >= 0.6 is 0 Å². The van der Waals surface area contributed by atoms with Gasteiger partial charge in [-0.25, -0.2) is 0 Å². The molecule has 0 spiro atoms. The maximum Gasteiger partial charge on any atom is -0.0297 e. The second kappa shape index (κ2) is 6.44. The lowest BCUT2D eigenvalue weighted by atomic mass is 9.64. The Kier molecular flexibility index (Phi) is 5.74. The summed E-state index contributed by atoms with van der Waals surface area (Å²) in [5.74, 6) is 4.72. The van der Waals surface area contributed by atoms with Gasteiger partial charge in [-0.3, -0.25) is 0 Å². The molecule has 1 rings (SSSR count). The molecule has 0 aliphatic heterocycles. The molecule has 0 aromatic carbocycles. The van der Waals surface area contributed by atoms with Gasteiger partial charge in [0.1, 0.15) is 0 Å². The van der Waals surface area contributed by atoms with E-state index in [1.807, 2.05) is 0 Å². The summed E-state index contributed by atoms with van der Waals surface area (Å²) >= 11 is 0. The molecule has 0 N–H and O–H groups in total. The maximum absolute atomic E-state index is 2.55. The Balaban J connectivity index is 2.67. The van der Waals surface area contributed by atoms with Crippen molar-refractivity contribution in [2.24, 2.45) is 35.0 Å². The molecule has 0 heteroatoms. The molecule has 18 heavy (non-hydrogen) atoms. The molecule has 0 saturated heterocycles. The van der Waals surface area contributed by atoms with E-state index in [0.29, 0.717) is 5.41 Å². The maximum atomic E-state index is 2.55. The summed E-state index contributed by atoms with van der Waals surface area (Å²) in [5, 5.41) is 0. The number of rotatable bonds is 8. The highest BCUT2D eigenvalue weighted by Gasteiger charge is 2.47. The highest BCUT2D eigenvalue weighted by molar-refractivity contribution is 4.96. The Labute approximate surface area is 116 Å². The van der Waals surface area contributed by atoms with Crippen LogP contribution < -0.4 is 0 Å². The van der Waals surface area contributed by atoms with Crippen molar-refractivity contribution in [3.8, 4) is 0 Å². The SMILES string of the molecule is CCCC(CC(C)C)C(C)(C)C(C)C1CC1CC. The molecule has 0 radical (unpaired) electrons. The quantitative estimate of drug-likeness (QED) is 0.485. The van der Waals surface area contributed by atoms with E-state index >= 15 is 0 Å². The van der Waals surface area contributed by atoms with E-state index in [-0.39, 0.29) is 0 Å². The van der Waals surface area contributed by atoms with E-state index in [1.54, 1.807) is 0 Å². The second-order valence-corrected chi connectivity index (χ2v) is 7.79. The molecule has 0 amide bonds. The van der Waals surface area contributed by atoms with Gasteiger partial charge >= 0.3 is 0 Å². The van der Waals surface area contributed by atoms with Gasteiger partial charge in [0.05, 0.1) is 0 Å². The molecule has 1 saturated carbocycles. The van der Waals surface area contributed by atoms with E-state index in [4.69, 9.17) is 0 Å². The minimum atomic E-state index is 0.523. The van der Waals surface area contributed by atoms with Gasteiger partial charge in [0.2, 0.25) is 0 Å². The number of hydrogen-bond donors (Lipinski definition) is 0. The minimum absolute atomic E-state index is 0.523. The second-order valence-electron chi connectivity index (χ2n) is 7.79. The van der Waals surface area contributed by atoms with Crippen LogP contribution in [0.25, 0.3) is 0 Å². The van der Waals surface area contributed by atoms with Crippen LogP contribution in [-0.2, 0) is 0 Å². The molecular weight excluding hydrogens is 216 g/mol. The zero-order chi connectivity index (χ0) is 13.9. The Hall–Kier alpha value is 0. The van der Waals surface area contributed by atoms with E-state index in [9.17, 15) is 0 Å². The molecule has 0 nitrogen and oxygen atoms in total. The van der Waals surface area contributed by atoms with Crippen molar-refractivity contribution < 1.29 is 0 Å². The molecule has 1 fully saturated rings. The zero-order valence-corrected chi connectivity index (χ0v) is 13.9. The minimum Gasteiger partial charge on any atom is -0.0654 e. The van der Waals surface area contributed by atoms with Crippen molar-refractivity contribution in [1.82, 2.24) is 0 Å². The van der Waals surface area contributed by atoms with Gasteiger partial charge in [0.15, 0.2) is 0 Å². The van der Waals surface area contributed by atoms with Gasteiger partial charge in [-0.1, -0.05) is 67.7 Å². The molecule has 108 valence electrons. The summed E-state index contributed by atoms with van der Waals surface area (Å²) in [4.78, 5) is 0. The van der Waals surface area contributed by atoms with Gasteiger partial charge in [-0.05, 0) is 47.8 Å². The van der Waals surface area contributed by atoms with Crippen molar-refractivity contribution in [1.29, 1.82) is 0 Å². The molecule has 0 aromatic rings. The van der Waals surface area contributed by atoms with Crippen LogP contribution in [0.5, 0.6) is 0 Å². The summed E-state index contributed by atoms with van der Waals surface area (Å²) in [6.45, 7) is 17.1. The fraction of sp³-hybridized carbons (Fsp3) is 1.00. The van der Waals surface area contributed by atoms with Crippen molar-refractivity contribution >= 4 is 0 Å². The van der Waals surface area contributed by atoms with Gasteiger partial charge < -0.3 is 0 Å². The molecule has 1 aliphatic rings. The first-order valence-corrected chi connectivity index (χ1v) is 8.34. The summed E-state index contributed by atoms with van der Waals surface area (Å²) in [6, 6.07) is 0. The lowest BCUT2D eigenvalue weighted by Crippen LogP contribution is -2.33. The van der Waals surface area contributed by atoms with E-state index in [0.717, 1.165) is 29.6 Å². The summed E-state index contributed by atoms with van der Waals surface area (Å²) in [5.41, 5.74) is 0.523. The Morgan fingerprint density at radius 2 is 1.72 bits per heavy atom. The first-order chi connectivity index (χ1) is 8.34. The molecule has 1 aliphatic carbocycles. The van der Waals surface area contributed by atoms with Crippen LogP contribution in [0, 0.1) is 35.0 Å². The lowest BCUT2D eigenvalue weighted by Gasteiger charge is -2.41. The van der Waals surface area contributed by atoms with Crippen molar-refractivity contribution in [3.63, 3.8) is 0 Å². The first kappa shape index (κ1) is 16.1. The van der Waals surface area contributed by atoms with E-state index in [2.05, 4.69) is 48.5 Å². The Bertz CT molecular complexity index is 238. The van der Waals surface area contributed by atoms with Crippen LogP contribution in [0.4, 0.5) is 0 Å². The van der Waals surface area contributed by atoms with Crippen LogP contribution in [-0.4, -0.2) is 0 Å². The smallest absolute Gasteiger partial charge is 0.0297 e. The monoisotopic (exact) mass is 252 g/mol. The third-order valence-corrected chi connectivity index (χ3v) is 5.76. The summed E-state index contributed by atoms with van der Waals surface area (Å²) in [7, 11) is 0. The zero-order valence-electron chi connectivity index (χ0n) is 13.9. The standard InChI is InChI=1S/C18H36/c1-8-10-16(11-13(3)4)18(6,7)14(5)17-12-15(17)9-2/h13-17H,8-12H2,1-7H3. The van der Waals surface area contributed by atoms with Crippen LogP contribution in [0.2, 0.25) is 0 Å². The third kappa shape index (κ3) is 3.75. The van der Waals surface area contributed by atoms with Crippen LogP contribution in [0.15, 0.2) is 0 Å². The number of hydrogen-bond acceptors (Lipinski definition) is 0. The largest absolute Gasteiger partial charge is 0.0654 e. The van der Waals surface area contributed by atoms with E-state index in [1.165, 1.54) is 32.1 Å². The van der Waals surface area contributed by atoms with Crippen molar-refractivity contribution in [3.05, 3.63) is 0 Å². The Morgan fingerprint density at radius 1 is 1.11 bits per heavy atom. The lowest BCUT2D eigenvalue weighted by molar-refractivity contribution is 0.0813. The average Bonchev–Trinajstić information content (AvgIpc) is 3.06. The van der Waals surface area contributed by atoms with Gasteiger partial charge in [-0.2, -0.15) is 0 Å². The van der Waals surface area contributed by atoms with Crippen molar-refractivity contribution in [2.75, 3.05) is 0 Å². The molecule has 4 atom stereocenters. The predicted octanol–water partition coefficient (Wildman–Crippen LogP) is 6.16. The average molecular weight is 252 g/mol. The summed E-state index contributed by atoms with van der Waals surface area (Å²) < 4.78 is 0. The summed E-state index contributed by atoms with van der Waals surface area (Å²) in [6.07, 6.45) is 7.07. The third-order valence-electron chi connectivity index (χ3n) is 5.76. The topological polar surface area (TPSA) is 0 Å². The normalized spacial score (nSPS) is 27.3. The fourth-order valence-corrected chi connectivity index (χ4v) is 3.99. The van der Waals surface area contributed by atoms with Crippen LogP contribution in [0.3, 0.4) is 0 Å². The Morgan fingerprint density at radius 3 is 2.11 bits per heavy atom. The fourth-order valence-electron chi connectivity index (χ4n) is 3.99. The highest BCUT2D eigenvalue weighted by Crippen LogP contribution is 2.55.